The molecule has 0 spiro atoms. The van der Waals surface area contributed by atoms with Crippen molar-refractivity contribution in [3.8, 4) is 6.07 Å². The second-order valence-electron chi connectivity index (χ2n) is 6.29. The van der Waals surface area contributed by atoms with Gasteiger partial charge in [-0.1, -0.05) is 6.07 Å². The lowest BCUT2D eigenvalue weighted by Crippen LogP contribution is -2.14. The fourth-order valence-electron chi connectivity index (χ4n) is 3.56. The van der Waals surface area contributed by atoms with E-state index in [0.29, 0.717) is 11.3 Å². The lowest BCUT2D eigenvalue weighted by molar-refractivity contribution is -0.113. The van der Waals surface area contributed by atoms with Gasteiger partial charge in [-0.2, -0.15) is 5.26 Å². The highest BCUT2D eigenvalue weighted by atomic mass is 32.2. The maximum absolute atomic E-state index is 12.3. The van der Waals surface area contributed by atoms with Crippen LogP contribution in [0.1, 0.15) is 40.0 Å². The first-order valence-corrected chi connectivity index (χ1v) is 10.1. The highest BCUT2D eigenvalue weighted by molar-refractivity contribution is 8.00. The summed E-state index contributed by atoms with van der Waals surface area (Å²) in [5.74, 6) is 0.351. The van der Waals surface area contributed by atoms with E-state index in [-0.39, 0.29) is 5.91 Å². The van der Waals surface area contributed by atoms with Gasteiger partial charge in [-0.15, -0.1) is 23.1 Å². The van der Waals surface area contributed by atoms with Crippen molar-refractivity contribution in [2.45, 2.75) is 43.4 Å². The molecule has 2 aromatic rings. The summed E-state index contributed by atoms with van der Waals surface area (Å²) in [4.78, 5) is 14.7. The number of hydrogen-bond acceptors (Lipinski definition) is 4. The number of benzene rings is 1. The molecule has 0 saturated carbocycles. The lowest BCUT2D eigenvalue weighted by atomic mass is 10.1. The van der Waals surface area contributed by atoms with Crippen molar-refractivity contribution in [1.29, 1.82) is 5.26 Å². The van der Waals surface area contributed by atoms with E-state index in [4.69, 9.17) is 0 Å². The van der Waals surface area contributed by atoms with Gasteiger partial charge < -0.3 is 5.32 Å². The number of nitrogens with one attached hydrogen (secondary N) is 1. The number of aryl methyl sites for hydroxylation is 3. The summed E-state index contributed by atoms with van der Waals surface area (Å²) in [7, 11) is 0. The summed E-state index contributed by atoms with van der Waals surface area (Å²) in [5, 5.41) is 13.1. The Morgan fingerprint density at radius 1 is 1.21 bits per heavy atom. The van der Waals surface area contributed by atoms with Gasteiger partial charge in [0, 0.05) is 9.77 Å². The van der Waals surface area contributed by atoms with E-state index in [0.717, 1.165) is 41.1 Å². The van der Waals surface area contributed by atoms with E-state index in [1.54, 1.807) is 23.1 Å². The third kappa shape index (κ3) is 2.97. The molecule has 1 amide bonds. The number of carbonyl (C=O) groups excluding carboxylic acids is 1. The van der Waals surface area contributed by atoms with Crippen LogP contribution in [0.25, 0.3) is 0 Å². The number of carbonyl (C=O) groups is 1. The molecule has 5 heteroatoms. The van der Waals surface area contributed by atoms with Crippen LogP contribution in [0, 0.1) is 11.3 Å². The normalized spacial score (nSPS) is 15.0. The Balaban J connectivity index is 1.40. The summed E-state index contributed by atoms with van der Waals surface area (Å²) in [6.07, 6.45) is 6.70. The Hall–Kier alpha value is -1.77. The third-order valence-corrected chi connectivity index (χ3v) is 6.93. The van der Waals surface area contributed by atoms with Crippen LogP contribution in [0.15, 0.2) is 23.1 Å². The Labute approximate surface area is 150 Å². The van der Waals surface area contributed by atoms with Gasteiger partial charge in [0.25, 0.3) is 0 Å². The molecule has 0 atom stereocenters. The van der Waals surface area contributed by atoms with Crippen molar-refractivity contribution in [3.05, 3.63) is 45.3 Å². The Morgan fingerprint density at radius 3 is 2.92 bits per heavy atom. The average Bonchev–Trinajstić information content (AvgIpc) is 3.27. The first kappa shape index (κ1) is 15.7. The minimum absolute atomic E-state index is 0.0306. The van der Waals surface area contributed by atoms with Crippen molar-refractivity contribution >= 4 is 34.0 Å². The monoisotopic (exact) mass is 354 g/mol. The van der Waals surface area contributed by atoms with Gasteiger partial charge in [0.2, 0.25) is 5.91 Å². The Bertz CT molecular complexity index is 848. The molecule has 1 aromatic carbocycles. The molecule has 0 aliphatic heterocycles. The summed E-state index contributed by atoms with van der Waals surface area (Å²) in [6.45, 7) is 0. The summed E-state index contributed by atoms with van der Waals surface area (Å²) in [5.41, 5.74) is 4.73. The molecule has 3 nitrogen and oxygen atoms in total. The second kappa shape index (κ2) is 6.62. The number of rotatable bonds is 4. The van der Waals surface area contributed by atoms with Gasteiger partial charge >= 0.3 is 0 Å². The van der Waals surface area contributed by atoms with E-state index in [1.807, 2.05) is 0 Å². The van der Waals surface area contributed by atoms with Crippen LogP contribution in [-0.4, -0.2) is 11.7 Å². The van der Waals surface area contributed by atoms with Crippen molar-refractivity contribution < 1.29 is 4.79 Å². The van der Waals surface area contributed by atoms with Crippen LogP contribution < -0.4 is 5.32 Å². The average molecular weight is 355 g/mol. The zero-order valence-electron chi connectivity index (χ0n) is 13.4. The molecule has 1 heterocycles. The number of thiophene rings is 1. The molecule has 2 aliphatic carbocycles. The van der Waals surface area contributed by atoms with E-state index in [2.05, 4.69) is 29.6 Å². The summed E-state index contributed by atoms with van der Waals surface area (Å²) < 4.78 is 0. The number of hydrogen-bond donors (Lipinski definition) is 1. The zero-order chi connectivity index (χ0) is 16.5. The number of thioether (sulfide) groups is 1. The number of amides is 1. The maximum Gasteiger partial charge on any atom is 0.235 e. The molecule has 0 unspecified atom stereocenters. The molecule has 2 aliphatic rings. The van der Waals surface area contributed by atoms with Gasteiger partial charge in [-0.05, 0) is 67.3 Å². The molecule has 0 radical (unpaired) electrons. The first-order valence-electron chi connectivity index (χ1n) is 8.33. The standard InChI is InChI=1S/C19H18N2OS2/c20-10-16-15-5-2-6-17(15)24-19(16)21-18(22)11-23-14-8-7-12-3-1-4-13(12)9-14/h7-9H,1-6,11H2,(H,21,22). The van der Waals surface area contributed by atoms with Crippen LogP contribution in [0.5, 0.6) is 0 Å². The summed E-state index contributed by atoms with van der Waals surface area (Å²) >= 11 is 3.14. The van der Waals surface area contributed by atoms with Crippen molar-refractivity contribution in [2.24, 2.45) is 0 Å². The minimum atomic E-state index is -0.0306. The molecule has 0 bridgehead atoms. The SMILES string of the molecule is N#Cc1c(NC(=O)CSc2ccc3c(c2)CCC3)sc2c1CCC2. The number of fused-ring (bicyclic) bond motifs is 2. The molecule has 1 N–H and O–H groups in total. The van der Waals surface area contributed by atoms with Gasteiger partial charge in [0.15, 0.2) is 0 Å². The topological polar surface area (TPSA) is 52.9 Å². The lowest BCUT2D eigenvalue weighted by Gasteiger charge is -2.06. The van der Waals surface area contributed by atoms with Crippen molar-refractivity contribution in [3.63, 3.8) is 0 Å². The molecular formula is C19H18N2OS2. The Kier molecular flexibility index (Phi) is 4.34. The molecule has 0 fully saturated rings. The highest BCUT2D eigenvalue weighted by Crippen LogP contribution is 2.38. The number of anilines is 1. The molecule has 122 valence electrons. The predicted octanol–water partition coefficient (Wildman–Crippen LogP) is 4.33. The van der Waals surface area contributed by atoms with Gasteiger partial charge in [-0.25, -0.2) is 0 Å². The van der Waals surface area contributed by atoms with E-state index < -0.39 is 0 Å². The predicted molar refractivity (Wildman–Crippen MR) is 98.9 cm³/mol. The van der Waals surface area contributed by atoms with Crippen LogP contribution in [0.4, 0.5) is 5.00 Å². The van der Waals surface area contributed by atoms with Crippen LogP contribution in [0.2, 0.25) is 0 Å². The number of nitriles is 1. The van der Waals surface area contributed by atoms with E-state index >= 15 is 0 Å². The van der Waals surface area contributed by atoms with Crippen LogP contribution in [0.3, 0.4) is 0 Å². The molecule has 0 saturated heterocycles. The minimum Gasteiger partial charge on any atom is -0.316 e. The van der Waals surface area contributed by atoms with E-state index in [1.165, 1.54) is 28.8 Å². The van der Waals surface area contributed by atoms with Crippen LogP contribution in [-0.2, 0) is 30.5 Å². The molecule has 4 rings (SSSR count). The number of nitrogens with zero attached hydrogens (tertiary/aromatic N) is 1. The molecule has 1 aromatic heterocycles. The molecular weight excluding hydrogens is 336 g/mol. The Morgan fingerprint density at radius 2 is 2.04 bits per heavy atom. The van der Waals surface area contributed by atoms with Crippen molar-refractivity contribution in [1.82, 2.24) is 0 Å². The van der Waals surface area contributed by atoms with Gasteiger partial charge in [-0.3, -0.25) is 4.79 Å². The molecule has 24 heavy (non-hydrogen) atoms. The largest absolute Gasteiger partial charge is 0.316 e. The van der Waals surface area contributed by atoms with Crippen LogP contribution >= 0.6 is 23.1 Å². The summed E-state index contributed by atoms with van der Waals surface area (Å²) in [6, 6.07) is 8.80. The third-order valence-electron chi connectivity index (χ3n) is 4.73. The first-order chi connectivity index (χ1) is 11.7. The second-order valence-corrected chi connectivity index (χ2v) is 8.45. The zero-order valence-corrected chi connectivity index (χ0v) is 15.0. The van der Waals surface area contributed by atoms with E-state index in [9.17, 15) is 10.1 Å². The van der Waals surface area contributed by atoms with Crippen molar-refractivity contribution in [2.75, 3.05) is 11.1 Å². The fourth-order valence-corrected chi connectivity index (χ4v) is 5.58. The maximum atomic E-state index is 12.3. The van der Waals surface area contributed by atoms with Gasteiger partial charge in [0.05, 0.1) is 11.3 Å². The quantitative estimate of drug-likeness (QED) is 0.832. The highest BCUT2D eigenvalue weighted by Gasteiger charge is 2.23. The smallest absolute Gasteiger partial charge is 0.235 e. The fraction of sp³-hybridized carbons (Fsp3) is 0.368. The van der Waals surface area contributed by atoms with Gasteiger partial charge in [0.1, 0.15) is 11.1 Å².